The molecule has 5 atom stereocenters. The van der Waals surface area contributed by atoms with Gasteiger partial charge in [0.15, 0.2) is 36.7 Å². The van der Waals surface area contributed by atoms with E-state index in [1.807, 2.05) is 6.08 Å². The van der Waals surface area contributed by atoms with Crippen molar-refractivity contribution < 1.29 is 37.7 Å². The molecule has 0 radical (unpaired) electrons. The Hall–Kier alpha value is -2.11. The fourth-order valence-corrected chi connectivity index (χ4v) is 11.5. The minimum absolute atomic E-state index is 0.00525. The minimum Gasteiger partial charge on any atom is -0.479 e. The van der Waals surface area contributed by atoms with Crippen molar-refractivity contribution in [2.45, 2.75) is 206 Å². The van der Waals surface area contributed by atoms with Crippen molar-refractivity contribution in [1.82, 2.24) is 10.3 Å². The van der Waals surface area contributed by atoms with Crippen LogP contribution in [0.15, 0.2) is 21.6 Å². The first-order chi connectivity index (χ1) is 29.1. The predicted molar refractivity (Wildman–Crippen MR) is 276 cm³/mol. The van der Waals surface area contributed by atoms with Crippen molar-refractivity contribution in [3.05, 3.63) is 32.4 Å². The molecule has 10 nitrogen and oxygen atoms in total. The molecule has 1 aromatic rings. The van der Waals surface area contributed by atoms with Gasteiger partial charge in [-0.1, -0.05) is 98.8 Å². The zero-order valence-corrected chi connectivity index (χ0v) is 48.6. The summed E-state index contributed by atoms with van der Waals surface area (Å²) >= 11 is 14.0. The van der Waals surface area contributed by atoms with E-state index in [0.29, 0.717) is 3.39 Å². The molecule has 1 saturated heterocycles. The zero-order valence-electron chi connectivity index (χ0n) is 41.7. The molecular weight excluding hydrogens is 1010 g/mol. The number of terminal acetylenes is 1. The molecule has 1 aliphatic heterocycles. The van der Waals surface area contributed by atoms with Gasteiger partial charge in [0.1, 0.15) is 40.6 Å². The monoisotopic (exact) mass is 1080 g/mol. The van der Waals surface area contributed by atoms with E-state index >= 15 is 0 Å². The van der Waals surface area contributed by atoms with Gasteiger partial charge in [-0.25, -0.2) is 9.78 Å². The molecule has 0 aliphatic carbocycles. The van der Waals surface area contributed by atoms with Crippen LogP contribution in [0.5, 0.6) is 5.75 Å². The lowest BCUT2D eigenvalue weighted by molar-refractivity contribution is -0.162. The summed E-state index contributed by atoms with van der Waals surface area (Å²) in [6.07, 6.45) is 4.91. The van der Waals surface area contributed by atoms with Gasteiger partial charge in [-0.3, -0.25) is 4.79 Å². The second-order valence-electron chi connectivity index (χ2n) is 21.1. The van der Waals surface area contributed by atoms with E-state index in [2.05, 4.69) is 160 Å². The molecule has 0 aromatic carbocycles. The first kappa shape index (κ1) is 58.0. The summed E-state index contributed by atoms with van der Waals surface area (Å²) in [4.78, 5) is 31.6. The zero-order chi connectivity index (χ0) is 49.3. The number of rotatable bonds is 16. The van der Waals surface area contributed by atoms with E-state index in [9.17, 15) is 9.59 Å². The maximum absolute atomic E-state index is 13.7. The number of aromatic nitrogens is 1. The minimum atomic E-state index is -2.38. The van der Waals surface area contributed by atoms with E-state index in [1.165, 1.54) is 0 Å². The number of alkyl carbamates (subject to hydrolysis) is 1. The van der Waals surface area contributed by atoms with Crippen molar-refractivity contribution in [3.8, 4) is 41.0 Å². The van der Waals surface area contributed by atoms with Gasteiger partial charge in [-0.15, -0.1) is 23.4 Å². The maximum atomic E-state index is 13.7. The van der Waals surface area contributed by atoms with Gasteiger partial charge in [-0.2, -0.15) is 0 Å². The Bertz CT molecular complexity index is 1980. The van der Waals surface area contributed by atoms with E-state index in [-0.39, 0.29) is 46.1 Å². The molecule has 358 valence electrons. The van der Waals surface area contributed by atoms with Gasteiger partial charge < -0.3 is 33.4 Å². The van der Waals surface area contributed by atoms with Crippen molar-refractivity contribution in [1.29, 1.82) is 0 Å². The molecule has 1 fully saturated rings. The van der Waals surface area contributed by atoms with Gasteiger partial charge in [0.2, 0.25) is 0 Å². The molecule has 0 spiro atoms. The molecule has 1 aliphatic rings. The number of nitrogens with one attached hydrogen (secondary N) is 1. The first-order valence-electron chi connectivity index (χ1n) is 22.2. The van der Waals surface area contributed by atoms with Gasteiger partial charge >= 0.3 is 12.1 Å². The van der Waals surface area contributed by atoms with Crippen LogP contribution >= 0.6 is 43.5 Å². The number of nitrogens with zero attached hydrogens (tertiary/aromatic N) is 1. The smallest absolute Gasteiger partial charge is 0.408 e. The average Bonchev–Trinajstić information content (AvgIpc) is 3.42. The Labute approximate surface area is 411 Å². The summed E-state index contributed by atoms with van der Waals surface area (Å²) < 4.78 is 38.2. The predicted octanol–water partition coefficient (Wildman–Crippen LogP) is 13.0. The number of carbonyl (C=O) groups is 2. The number of ether oxygens (including phenoxy) is 5. The summed E-state index contributed by atoms with van der Waals surface area (Å²) in [6.45, 7) is 37.2. The van der Waals surface area contributed by atoms with Crippen LogP contribution in [0, 0.1) is 35.3 Å². The van der Waals surface area contributed by atoms with E-state index < -0.39 is 77.9 Å². The molecule has 1 amide bonds. The molecule has 1 N–H and O–H groups in total. The van der Waals surface area contributed by atoms with Crippen LogP contribution in [0.3, 0.4) is 0 Å². The van der Waals surface area contributed by atoms with Crippen LogP contribution in [-0.4, -0.2) is 83.4 Å². The quantitative estimate of drug-likeness (QED) is 0.0748. The average molecular weight is 1090 g/mol. The molecule has 1 aromatic heterocycles. The van der Waals surface area contributed by atoms with Crippen LogP contribution in [0.1, 0.15) is 122 Å². The van der Waals surface area contributed by atoms with Crippen LogP contribution < -0.4 is 10.1 Å². The maximum Gasteiger partial charge on any atom is 0.408 e. The highest BCUT2D eigenvalue weighted by atomic mass is 79.9. The topological polar surface area (TPSA) is 114 Å². The van der Waals surface area contributed by atoms with Crippen molar-refractivity contribution >= 4 is 80.0 Å². The Morgan fingerprint density at radius 3 is 2.06 bits per heavy atom. The number of pyridine rings is 1. The molecule has 2 rings (SSSR count). The SMILES string of the molecule is C#C[C@@]1(CC#C[Si](CC)(CC)CC)OC(C)(C)O[C@@H]1COC(=O)C[C@@H](NC(=O)OC(C)(C)C)c1ccc(O[C@@H](C=C(Br)Br)[C@H](C#C[Si](C)(C)C(C)(C)C)O[Si](C)(C)C(C)(C)C)c(Cl)n1. The van der Waals surface area contributed by atoms with E-state index in [1.54, 1.807) is 46.8 Å². The third-order valence-corrected chi connectivity index (χ3v) is 27.0. The fourth-order valence-electron chi connectivity index (χ4n) is 6.19. The molecule has 16 heteroatoms. The lowest BCUT2D eigenvalue weighted by Gasteiger charge is -2.39. The molecule has 64 heavy (non-hydrogen) atoms. The second-order valence-corrected chi connectivity index (χ2v) is 38.9. The Morgan fingerprint density at radius 2 is 1.58 bits per heavy atom. The largest absolute Gasteiger partial charge is 0.479 e. The van der Waals surface area contributed by atoms with Gasteiger partial charge in [0.25, 0.3) is 0 Å². The fraction of sp³-hybridized carbons (Fsp3) is 0.688. The van der Waals surface area contributed by atoms with Crippen LogP contribution in [0.4, 0.5) is 4.79 Å². The van der Waals surface area contributed by atoms with Gasteiger partial charge in [0.05, 0.1) is 28.0 Å². The first-order valence-corrected chi connectivity index (χ1v) is 32.7. The highest BCUT2D eigenvalue weighted by Gasteiger charge is 2.53. The molecule has 2 heterocycles. The Kier molecular flexibility index (Phi) is 20.7. The van der Waals surface area contributed by atoms with Crippen LogP contribution in [0.2, 0.25) is 59.5 Å². The van der Waals surface area contributed by atoms with Crippen LogP contribution in [0.25, 0.3) is 0 Å². The third-order valence-electron chi connectivity index (χ3n) is 12.5. The number of amides is 1. The van der Waals surface area contributed by atoms with E-state index in [4.69, 9.17) is 46.1 Å². The Morgan fingerprint density at radius 1 is 0.984 bits per heavy atom. The summed E-state index contributed by atoms with van der Waals surface area (Å²) in [5, 5.41) is 2.69. The number of hydrogen-bond acceptors (Lipinski definition) is 9. The van der Waals surface area contributed by atoms with E-state index in [0.717, 1.165) is 18.1 Å². The standard InChI is InChI=1S/C48H75Br2ClN2O8Si3/c1-20-48(28-24-29-64(21-2,22-3)23-4)39(58-47(14,15)61-48)33-56-41(54)31-35(53-43(55)59-44(5,6)7)34-25-26-37(42(51)52-34)57-38(32-40(49)50)36(60-63(18,19)46(11,12)13)27-30-62(16,17)45(8,9)10/h1,25-26,32,35-36,38-39H,21-23,28,31,33H2,2-19H3,(H,53,55)/t35-,36+,38+,39-,48+/m1/s1. The number of halogens is 3. The Balaban J connectivity index is 2.55. The third kappa shape index (κ3) is 16.9. The number of carbonyl (C=O) groups excluding carboxylic acids is 2. The molecule has 0 unspecified atom stereocenters. The summed E-state index contributed by atoms with van der Waals surface area (Å²) in [5.41, 5.74) is 5.42. The van der Waals surface area contributed by atoms with Gasteiger partial charge in [0, 0.05) is 0 Å². The van der Waals surface area contributed by atoms with Crippen LogP contribution in [-0.2, 0) is 28.2 Å². The van der Waals surface area contributed by atoms with Gasteiger partial charge in [-0.05, 0) is 126 Å². The van der Waals surface area contributed by atoms with Crippen molar-refractivity contribution in [2.24, 2.45) is 0 Å². The normalized spacial score (nSPS) is 19.3. The summed E-state index contributed by atoms with van der Waals surface area (Å²) in [5.74, 6) is 8.18. The van der Waals surface area contributed by atoms with Crippen molar-refractivity contribution in [3.63, 3.8) is 0 Å². The lowest BCUT2D eigenvalue weighted by Crippen LogP contribution is -2.48. The lowest BCUT2D eigenvalue weighted by atomic mass is 9.94. The highest BCUT2D eigenvalue weighted by molar-refractivity contribution is 9.28. The highest BCUT2D eigenvalue weighted by Crippen LogP contribution is 2.41. The number of hydrogen-bond donors (Lipinski definition) is 1. The van der Waals surface area contributed by atoms with Crippen molar-refractivity contribution in [2.75, 3.05) is 6.61 Å². The molecule has 0 saturated carbocycles. The number of esters is 1. The molecule has 0 bridgehead atoms. The summed E-state index contributed by atoms with van der Waals surface area (Å²) in [6, 6.07) is 5.40. The second kappa shape index (κ2) is 22.8. The molecular formula is C48H75Br2ClN2O8Si3. The summed E-state index contributed by atoms with van der Waals surface area (Å²) in [7, 11) is -6.20.